The molecule has 2 aromatic rings. The van der Waals surface area contributed by atoms with Crippen LogP contribution >= 0.6 is 11.6 Å². The van der Waals surface area contributed by atoms with Gasteiger partial charge in [0.05, 0.1) is 13.2 Å². The summed E-state index contributed by atoms with van der Waals surface area (Å²) in [6.07, 6.45) is 0.786. The van der Waals surface area contributed by atoms with Crippen molar-refractivity contribution in [3.8, 4) is 5.75 Å². The van der Waals surface area contributed by atoms with Gasteiger partial charge in [-0.3, -0.25) is 0 Å². The van der Waals surface area contributed by atoms with E-state index in [4.69, 9.17) is 16.3 Å². The molecular weight excluding hydrogens is 312 g/mol. The normalized spacial score (nSPS) is 11.7. The number of anilines is 1. The van der Waals surface area contributed by atoms with Crippen LogP contribution in [0.1, 0.15) is 30.5 Å². The van der Waals surface area contributed by atoms with E-state index in [0.29, 0.717) is 10.7 Å². The third kappa shape index (κ3) is 4.63. The second kappa shape index (κ2) is 7.88. The molecule has 0 bridgehead atoms. The van der Waals surface area contributed by atoms with E-state index in [-0.39, 0.29) is 12.1 Å². The number of halogens is 1. The minimum Gasteiger partial charge on any atom is -0.496 e. The van der Waals surface area contributed by atoms with Gasteiger partial charge in [-0.25, -0.2) is 4.79 Å². The van der Waals surface area contributed by atoms with Crippen LogP contribution in [-0.4, -0.2) is 13.1 Å². The molecule has 0 saturated heterocycles. The number of aryl methyl sites for hydroxylation is 1. The number of carbonyl (C=O) groups excluding carboxylic acids is 1. The van der Waals surface area contributed by atoms with Crippen molar-refractivity contribution in [2.75, 3.05) is 12.4 Å². The molecule has 122 valence electrons. The van der Waals surface area contributed by atoms with Crippen LogP contribution < -0.4 is 15.4 Å². The van der Waals surface area contributed by atoms with Crippen molar-refractivity contribution in [1.82, 2.24) is 5.32 Å². The van der Waals surface area contributed by atoms with Crippen LogP contribution in [-0.2, 0) is 0 Å². The van der Waals surface area contributed by atoms with Crippen LogP contribution in [0.3, 0.4) is 0 Å². The molecule has 0 unspecified atom stereocenters. The number of hydrogen-bond acceptors (Lipinski definition) is 2. The van der Waals surface area contributed by atoms with Gasteiger partial charge in [0.2, 0.25) is 0 Å². The van der Waals surface area contributed by atoms with Crippen LogP contribution in [0.25, 0.3) is 0 Å². The Morgan fingerprint density at radius 1 is 1.26 bits per heavy atom. The molecular formula is C18H21ClN2O2. The number of amides is 2. The van der Waals surface area contributed by atoms with E-state index in [1.807, 2.05) is 32.0 Å². The summed E-state index contributed by atoms with van der Waals surface area (Å²) in [6.45, 7) is 4.02. The minimum atomic E-state index is -0.257. The summed E-state index contributed by atoms with van der Waals surface area (Å²) in [5.74, 6) is 0.840. The number of methoxy groups -OCH3 is 1. The van der Waals surface area contributed by atoms with Gasteiger partial charge in [0.15, 0.2) is 0 Å². The van der Waals surface area contributed by atoms with Gasteiger partial charge in [-0.1, -0.05) is 36.7 Å². The first-order chi connectivity index (χ1) is 11.0. The van der Waals surface area contributed by atoms with Crippen molar-refractivity contribution >= 4 is 23.3 Å². The van der Waals surface area contributed by atoms with Gasteiger partial charge in [0, 0.05) is 10.7 Å². The van der Waals surface area contributed by atoms with E-state index in [2.05, 4.69) is 10.6 Å². The van der Waals surface area contributed by atoms with Crippen molar-refractivity contribution in [1.29, 1.82) is 0 Å². The maximum atomic E-state index is 12.2. The number of benzene rings is 2. The van der Waals surface area contributed by atoms with E-state index in [1.165, 1.54) is 0 Å². The van der Waals surface area contributed by atoms with E-state index in [1.54, 1.807) is 31.4 Å². The fraction of sp³-hybridized carbons (Fsp3) is 0.278. The molecule has 0 saturated carbocycles. The highest BCUT2D eigenvalue weighted by Gasteiger charge is 2.14. The SMILES string of the molecule is CC[C@@H](NC(=O)Nc1cccc(Cl)c1)c1ccc(OC)c(C)c1. The number of rotatable bonds is 5. The smallest absolute Gasteiger partial charge is 0.319 e. The Morgan fingerprint density at radius 3 is 2.65 bits per heavy atom. The Morgan fingerprint density at radius 2 is 2.04 bits per heavy atom. The quantitative estimate of drug-likeness (QED) is 0.815. The Bertz CT molecular complexity index is 688. The van der Waals surface area contributed by atoms with Crippen molar-refractivity contribution in [3.05, 3.63) is 58.6 Å². The van der Waals surface area contributed by atoms with E-state index < -0.39 is 0 Å². The first kappa shape index (κ1) is 17.2. The fourth-order valence-electron chi connectivity index (χ4n) is 2.43. The molecule has 2 amide bonds. The van der Waals surface area contributed by atoms with Gasteiger partial charge < -0.3 is 15.4 Å². The van der Waals surface area contributed by atoms with E-state index >= 15 is 0 Å². The van der Waals surface area contributed by atoms with Crippen LogP contribution in [0, 0.1) is 6.92 Å². The second-order valence-corrected chi connectivity index (χ2v) is 5.74. The van der Waals surface area contributed by atoms with Crippen LogP contribution in [0.4, 0.5) is 10.5 Å². The minimum absolute atomic E-state index is 0.0706. The lowest BCUT2D eigenvalue weighted by Crippen LogP contribution is -2.32. The Hall–Kier alpha value is -2.20. The van der Waals surface area contributed by atoms with Gasteiger partial charge in [-0.2, -0.15) is 0 Å². The summed E-state index contributed by atoms with van der Waals surface area (Å²) in [6, 6.07) is 12.7. The lowest BCUT2D eigenvalue weighted by Gasteiger charge is -2.19. The third-order valence-electron chi connectivity index (χ3n) is 3.62. The highest BCUT2D eigenvalue weighted by atomic mass is 35.5. The highest BCUT2D eigenvalue weighted by Crippen LogP contribution is 2.24. The monoisotopic (exact) mass is 332 g/mol. The second-order valence-electron chi connectivity index (χ2n) is 5.30. The van der Waals surface area contributed by atoms with Crippen molar-refractivity contribution in [3.63, 3.8) is 0 Å². The summed E-state index contributed by atoms with van der Waals surface area (Å²) in [5, 5.41) is 6.36. The van der Waals surface area contributed by atoms with Crippen LogP contribution in [0.5, 0.6) is 5.75 Å². The van der Waals surface area contributed by atoms with Gasteiger partial charge >= 0.3 is 6.03 Å². The van der Waals surface area contributed by atoms with E-state index in [9.17, 15) is 4.79 Å². The van der Waals surface area contributed by atoms with Gasteiger partial charge in [0.1, 0.15) is 5.75 Å². The topological polar surface area (TPSA) is 50.4 Å². The van der Waals surface area contributed by atoms with Gasteiger partial charge in [0.25, 0.3) is 0 Å². The Kier molecular flexibility index (Phi) is 5.88. The summed E-state index contributed by atoms with van der Waals surface area (Å²) in [7, 11) is 1.65. The number of carbonyl (C=O) groups is 1. The summed E-state index contributed by atoms with van der Waals surface area (Å²) < 4.78 is 5.27. The predicted octanol–water partition coefficient (Wildman–Crippen LogP) is 4.93. The first-order valence-electron chi connectivity index (χ1n) is 7.51. The van der Waals surface area contributed by atoms with Crippen molar-refractivity contribution < 1.29 is 9.53 Å². The molecule has 4 nitrogen and oxygen atoms in total. The standard InChI is InChI=1S/C18H21ClN2O2/c1-4-16(13-8-9-17(23-3)12(2)10-13)21-18(22)20-15-7-5-6-14(19)11-15/h5-11,16H,4H2,1-3H3,(H2,20,21,22)/t16-/m1/s1. The molecule has 0 aliphatic rings. The molecule has 2 rings (SSSR count). The lowest BCUT2D eigenvalue weighted by molar-refractivity contribution is 0.248. The molecule has 0 radical (unpaired) electrons. The molecule has 5 heteroatoms. The van der Waals surface area contributed by atoms with Crippen molar-refractivity contribution in [2.45, 2.75) is 26.3 Å². The van der Waals surface area contributed by atoms with E-state index in [0.717, 1.165) is 23.3 Å². The zero-order chi connectivity index (χ0) is 16.8. The number of hydrogen-bond donors (Lipinski definition) is 2. The van der Waals surface area contributed by atoms with Crippen LogP contribution in [0.2, 0.25) is 5.02 Å². The maximum absolute atomic E-state index is 12.2. The summed E-state index contributed by atoms with van der Waals surface area (Å²) in [5.41, 5.74) is 2.75. The fourth-order valence-corrected chi connectivity index (χ4v) is 2.62. The number of nitrogens with one attached hydrogen (secondary N) is 2. The Balaban J connectivity index is 2.06. The summed E-state index contributed by atoms with van der Waals surface area (Å²) in [4.78, 5) is 12.2. The molecule has 0 heterocycles. The molecule has 2 N–H and O–H groups in total. The molecule has 0 fully saturated rings. The first-order valence-corrected chi connectivity index (χ1v) is 7.89. The molecule has 0 aliphatic heterocycles. The molecule has 0 aliphatic carbocycles. The number of ether oxygens (including phenoxy) is 1. The molecule has 2 aromatic carbocycles. The van der Waals surface area contributed by atoms with Gasteiger partial charge in [-0.15, -0.1) is 0 Å². The summed E-state index contributed by atoms with van der Waals surface area (Å²) >= 11 is 5.92. The third-order valence-corrected chi connectivity index (χ3v) is 3.85. The Labute approximate surface area is 141 Å². The largest absolute Gasteiger partial charge is 0.496 e. The average molecular weight is 333 g/mol. The predicted molar refractivity (Wildman–Crippen MR) is 94.4 cm³/mol. The number of urea groups is 1. The molecule has 23 heavy (non-hydrogen) atoms. The maximum Gasteiger partial charge on any atom is 0.319 e. The molecule has 0 aromatic heterocycles. The molecule has 0 spiro atoms. The zero-order valence-corrected chi connectivity index (χ0v) is 14.3. The lowest BCUT2D eigenvalue weighted by atomic mass is 10.0. The van der Waals surface area contributed by atoms with Crippen molar-refractivity contribution in [2.24, 2.45) is 0 Å². The van der Waals surface area contributed by atoms with Crippen LogP contribution in [0.15, 0.2) is 42.5 Å². The highest BCUT2D eigenvalue weighted by molar-refractivity contribution is 6.30. The average Bonchev–Trinajstić information content (AvgIpc) is 2.52. The van der Waals surface area contributed by atoms with Gasteiger partial charge in [-0.05, 0) is 48.7 Å². The molecule has 1 atom stereocenters. The zero-order valence-electron chi connectivity index (χ0n) is 13.5.